The Kier molecular flexibility index (Phi) is 4.51. The van der Waals surface area contributed by atoms with Gasteiger partial charge in [0.1, 0.15) is 0 Å². The number of anilines is 1. The van der Waals surface area contributed by atoms with Crippen molar-refractivity contribution in [2.75, 3.05) is 18.0 Å². The average Bonchev–Trinajstić information content (AvgIpc) is 2.61. The predicted molar refractivity (Wildman–Crippen MR) is 104 cm³/mol. The SMILES string of the molecule is Cc1ccc([C@H]2CC(=O)c3cnc(N4C[C@H](C)C[C@H](C)C4)nc3C2)cc1. The van der Waals surface area contributed by atoms with Gasteiger partial charge in [0.05, 0.1) is 11.3 Å². The summed E-state index contributed by atoms with van der Waals surface area (Å²) >= 11 is 0. The van der Waals surface area contributed by atoms with E-state index in [2.05, 4.69) is 54.9 Å². The molecule has 0 N–H and O–H groups in total. The molecule has 136 valence electrons. The number of Topliss-reactive ketones (excluding diaryl/α,β-unsaturated/α-hetero) is 1. The first-order chi connectivity index (χ1) is 12.5. The van der Waals surface area contributed by atoms with Crippen LogP contribution in [0.4, 0.5) is 5.95 Å². The lowest BCUT2D eigenvalue weighted by atomic mass is 9.82. The number of hydrogen-bond acceptors (Lipinski definition) is 4. The fraction of sp³-hybridized carbons (Fsp3) is 0.500. The molecule has 4 nitrogen and oxygen atoms in total. The molecule has 1 saturated heterocycles. The number of carbonyl (C=O) groups is 1. The Labute approximate surface area is 155 Å². The van der Waals surface area contributed by atoms with Crippen LogP contribution < -0.4 is 4.90 Å². The highest BCUT2D eigenvalue weighted by atomic mass is 16.1. The van der Waals surface area contributed by atoms with Crippen LogP contribution in [0.3, 0.4) is 0 Å². The van der Waals surface area contributed by atoms with E-state index in [1.165, 1.54) is 17.5 Å². The van der Waals surface area contributed by atoms with Gasteiger partial charge in [0.25, 0.3) is 0 Å². The molecule has 2 aliphatic rings. The minimum absolute atomic E-state index is 0.170. The molecule has 1 fully saturated rings. The van der Waals surface area contributed by atoms with E-state index in [1.54, 1.807) is 6.20 Å². The molecule has 0 amide bonds. The number of aromatic nitrogens is 2. The third kappa shape index (κ3) is 3.37. The lowest BCUT2D eigenvalue weighted by Gasteiger charge is -2.35. The van der Waals surface area contributed by atoms with Gasteiger partial charge >= 0.3 is 0 Å². The first-order valence-corrected chi connectivity index (χ1v) is 9.70. The van der Waals surface area contributed by atoms with Crippen molar-refractivity contribution in [3.63, 3.8) is 0 Å². The Morgan fingerprint density at radius 2 is 1.73 bits per heavy atom. The number of nitrogens with zero attached hydrogens (tertiary/aromatic N) is 3. The summed E-state index contributed by atoms with van der Waals surface area (Å²) in [4.78, 5) is 24.3. The maximum absolute atomic E-state index is 12.6. The molecule has 2 heterocycles. The van der Waals surface area contributed by atoms with Crippen LogP contribution >= 0.6 is 0 Å². The van der Waals surface area contributed by atoms with Crippen LogP contribution in [-0.4, -0.2) is 28.8 Å². The van der Waals surface area contributed by atoms with Crippen molar-refractivity contribution in [2.45, 2.75) is 46.0 Å². The van der Waals surface area contributed by atoms with Crippen molar-refractivity contribution >= 4 is 11.7 Å². The van der Waals surface area contributed by atoms with Gasteiger partial charge in [0, 0.05) is 25.7 Å². The molecule has 1 aromatic carbocycles. The molecular formula is C22H27N3O. The highest BCUT2D eigenvalue weighted by Gasteiger charge is 2.30. The molecule has 2 aromatic rings. The summed E-state index contributed by atoms with van der Waals surface area (Å²) in [7, 11) is 0. The second-order valence-electron chi connectivity index (χ2n) is 8.32. The van der Waals surface area contributed by atoms with Crippen molar-refractivity contribution in [2.24, 2.45) is 11.8 Å². The zero-order valence-corrected chi connectivity index (χ0v) is 15.9. The molecular weight excluding hydrogens is 322 g/mol. The van der Waals surface area contributed by atoms with Crippen LogP contribution in [0, 0.1) is 18.8 Å². The minimum atomic E-state index is 0.170. The topological polar surface area (TPSA) is 46.1 Å². The Hall–Kier alpha value is -2.23. The Morgan fingerprint density at radius 3 is 2.42 bits per heavy atom. The standard InChI is InChI=1S/C22H27N3O/c1-14-4-6-17(7-5-14)18-9-20-19(21(26)10-18)11-23-22(24-20)25-12-15(2)8-16(3)13-25/h4-7,11,15-16,18H,8-10,12-13H2,1-3H3/t15-,16+,18-/m1/s1. The van der Waals surface area contributed by atoms with Crippen molar-refractivity contribution in [3.05, 3.63) is 52.8 Å². The Morgan fingerprint density at radius 1 is 1.04 bits per heavy atom. The Bertz CT molecular complexity index is 805. The van der Waals surface area contributed by atoms with Crippen molar-refractivity contribution < 1.29 is 4.79 Å². The van der Waals surface area contributed by atoms with Gasteiger partial charge in [0.15, 0.2) is 5.78 Å². The van der Waals surface area contributed by atoms with Crippen molar-refractivity contribution in [3.8, 4) is 0 Å². The number of hydrogen-bond donors (Lipinski definition) is 0. The van der Waals surface area contributed by atoms with Gasteiger partial charge in [-0.05, 0) is 43.1 Å². The number of benzene rings is 1. The minimum Gasteiger partial charge on any atom is -0.340 e. The van der Waals surface area contributed by atoms with E-state index in [1.807, 2.05) is 0 Å². The molecule has 4 rings (SSSR count). The van der Waals surface area contributed by atoms with E-state index in [0.717, 1.165) is 36.7 Å². The number of fused-ring (bicyclic) bond motifs is 1. The fourth-order valence-electron chi connectivity index (χ4n) is 4.49. The summed E-state index contributed by atoms with van der Waals surface area (Å²) in [5, 5.41) is 0. The number of ketones is 1. The second kappa shape index (κ2) is 6.82. The van der Waals surface area contributed by atoms with Crippen LogP contribution in [0.25, 0.3) is 0 Å². The number of piperidine rings is 1. The molecule has 0 saturated carbocycles. The summed E-state index contributed by atoms with van der Waals surface area (Å²) in [5.74, 6) is 2.49. The molecule has 0 bridgehead atoms. The smallest absolute Gasteiger partial charge is 0.225 e. The van der Waals surface area contributed by atoms with Gasteiger partial charge in [-0.15, -0.1) is 0 Å². The van der Waals surface area contributed by atoms with E-state index < -0.39 is 0 Å². The lowest BCUT2D eigenvalue weighted by Crippen LogP contribution is -2.40. The van der Waals surface area contributed by atoms with Crippen molar-refractivity contribution in [1.29, 1.82) is 0 Å². The maximum Gasteiger partial charge on any atom is 0.225 e. The third-order valence-corrected chi connectivity index (χ3v) is 5.73. The average molecular weight is 349 g/mol. The highest BCUT2D eigenvalue weighted by Crippen LogP contribution is 2.33. The van der Waals surface area contributed by atoms with Crippen LogP contribution in [0.1, 0.15) is 59.8 Å². The predicted octanol–water partition coefficient (Wildman–Crippen LogP) is 4.18. The Balaban J connectivity index is 1.61. The summed E-state index contributed by atoms with van der Waals surface area (Å²) in [6.45, 7) is 8.66. The normalized spacial score (nSPS) is 25.9. The quantitative estimate of drug-likeness (QED) is 0.816. The van der Waals surface area contributed by atoms with E-state index in [0.29, 0.717) is 18.3 Å². The molecule has 1 aliphatic carbocycles. The molecule has 0 unspecified atom stereocenters. The highest BCUT2D eigenvalue weighted by molar-refractivity contribution is 5.98. The molecule has 1 aliphatic heterocycles. The molecule has 3 atom stereocenters. The van der Waals surface area contributed by atoms with Gasteiger partial charge < -0.3 is 4.90 Å². The van der Waals surface area contributed by atoms with Gasteiger partial charge in [-0.2, -0.15) is 0 Å². The van der Waals surface area contributed by atoms with Crippen LogP contribution in [0.2, 0.25) is 0 Å². The first-order valence-electron chi connectivity index (χ1n) is 9.70. The summed E-state index contributed by atoms with van der Waals surface area (Å²) < 4.78 is 0. The molecule has 4 heteroatoms. The van der Waals surface area contributed by atoms with E-state index in [4.69, 9.17) is 4.98 Å². The van der Waals surface area contributed by atoms with Crippen molar-refractivity contribution in [1.82, 2.24) is 9.97 Å². The first kappa shape index (κ1) is 17.2. The largest absolute Gasteiger partial charge is 0.340 e. The number of rotatable bonds is 2. The second-order valence-corrected chi connectivity index (χ2v) is 8.32. The summed E-state index contributed by atoms with van der Waals surface area (Å²) in [6.07, 6.45) is 4.39. The zero-order chi connectivity index (χ0) is 18.3. The maximum atomic E-state index is 12.6. The third-order valence-electron chi connectivity index (χ3n) is 5.73. The molecule has 0 radical (unpaired) electrons. The molecule has 26 heavy (non-hydrogen) atoms. The monoisotopic (exact) mass is 349 g/mol. The number of carbonyl (C=O) groups excluding carboxylic acids is 1. The van der Waals surface area contributed by atoms with E-state index >= 15 is 0 Å². The van der Waals surface area contributed by atoms with Gasteiger partial charge in [-0.25, -0.2) is 9.97 Å². The summed E-state index contributed by atoms with van der Waals surface area (Å²) in [6, 6.07) is 8.54. The van der Waals surface area contributed by atoms with Crippen LogP contribution in [0.5, 0.6) is 0 Å². The van der Waals surface area contributed by atoms with E-state index in [9.17, 15) is 4.79 Å². The van der Waals surface area contributed by atoms with Gasteiger partial charge in [0.2, 0.25) is 5.95 Å². The zero-order valence-electron chi connectivity index (χ0n) is 15.9. The fourth-order valence-corrected chi connectivity index (χ4v) is 4.49. The van der Waals surface area contributed by atoms with Crippen LogP contribution in [-0.2, 0) is 6.42 Å². The molecule has 0 spiro atoms. The van der Waals surface area contributed by atoms with Gasteiger partial charge in [-0.1, -0.05) is 43.7 Å². The lowest BCUT2D eigenvalue weighted by molar-refractivity contribution is 0.0962. The molecule has 1 aromatic heterocycles. The summed E-state index contributed by atoms with van der Waals surface area (Å²) in [5.41, 5.74) is 4.11. The number of aryl methyl sites for hydroxylation is 1. The van der Waals surface area contributed by atoms with Gasteiger partial charge in [-0.3, -0.25) is 4.79 Å². The van der Waals surface area contributed by atoms with Crippen LogP contribution in [0.15, 0.2) is 30.5 Å². The van der Waals surface area contributed by atoms with E-state index in [-0.39, 0.29) is 11.7 Å².